The summed E-state index contributed by atoms with van der Waals surface area (Å²) in [5, 5.41) is 5.53. The molecule has 0 spiro atoms. The van der Waals surface area contributed by atoms with E-state index in [2.05, 4.69) is 15.4 Å². The summed E-state index contributed by atoms with van der Waals surface area (Å²) in [7, 11) is 1.30. The van der Waals surface area contributed by atoms with Crippen molar-refractivity contribution in [2.75, 3.05) is 17.7 Å². The lowest BCUT2D eigenvalue weighted by Gasteiger charge is -2.24. The summed E-state index contributed by atoms with van der Waals surface area (Å²) >= 11 is 0. The van der Waals surface area contributed by atoms with E-state index in [1.807, 2.05) is 12.1 Å². The average Bonchev–Trinajstić information content (AvgIpc) is 2.60. The van der Waals surface area contributed by atoms with Crippen molar-refractivity contribution in [3.63, 3.8) is 0 Å². The largest absolute Gasteiger partial charge is 0.465 e. The molecule has 6 nitrogen and oxygen atoms in total. The second kappa shape index (κ2) is 6.54. The highest BCUT2D eigenvalue weighted by Gasteiger charge is 2.30. The van der Waals surface area contributed by atoms with E-state index in [1.165, 1.54) is 7.11 Å². The third kappa shape index (κ3) is 3.12. The molecule has 0 saturated carbocycles. The molecule has 0 saturated heterocycles. The lowest BCUT2D eigenvalue weighted by molar-refractivity contribution is -0.123. The number of para-hydroxylation sites is 1. The van der Waals surface area contributed by atoms with Crippen molar-refractivity contribution in [3.05, 3.63) is 59.7 Å². The van der Waals surface area contributed by atoms with Gasteiger partial charge in [0.15, 0.2) is 0 Å². The number of methoxy groups -OCH3 is 1. The Labute approximate surface area is 138 Å². The molecule has 2 N–H and O–H groups in total. The van der Waals surface area contributed by atoms with E-state index in [-0.39, 0.29) is 18.2 Å². The fourth-order valence-electron chi connectivity index (χ4n) is 2.72. The molecule has 0 fully saturated rings. The highest BCUT2D eigenvalue weighted by Crippen LogP contribution is 2.32. The molecular formula is C18H16N2O4. The molecular weight excluding hydrogens is 308 g/mol. The number of nitrogens with one attached hydrogen (secondary N) is 2. The van der Waals surface area contributed by atoms with Gasteiger partial charge in [-0.1, -0.05) is 24.3 Å². The molecule has 0 radical (unpaired) electrons. The quantitative estimate of drug-likeness (QED) is 0.850. The molecule has 24 heavy (non-hydrogen) atoms. The smallest absolute Gasteiger partial charge is 0.337 e. The molecule has 0 unspecified atom stereocenters. The topological polar surface area (TPSA) is 84.5 Å². The number of fused-ring (bicyclic) bond motifs is 1. The first-order valence-corrected chi connectivity index (χ1v) is 7.46. The van der Waals surface area contributed by atoms with Crippen LogP contribution in [0.25, 0.3) is 0 Å². The van der Waals surface area contributed by atoms with Gasteiger partial charge in [0, 0.05) is 17.8 Å². The fourth-order valence-corrected chi connectivity index (χ4v) is 2.72. The zero-order chi connectivity index (χ0) is 17.1. The number of anilines is 2. The van der Waals surface area contributed by atoms with Crippen LogP contribution in [0.15, 0.2) is 48.5 Å². The van der Waals surface area contributed by atoms with E-state index in [4.69, 9.17) is 0 Å². The number of rotatable bonds is 3. The van der Waals surface area contributed by atoms with Crippen LogP contribution in [0.1, 0.15) is 28.3 Å². The molecule has 1 atom stereocenters. The summed E-state index contributed by atoms with van der Waals surface area (Å²) < 4.78 is 4.67. The highest BCUT2D eigenvalue weighted by molar-refractivity contribution is 6.05. The SMILES string of the molecule is COC(=O)c1cccc(NC(=O)[C@H]2CC(=O)Nc3ccccc32)c1. The molecule has 2 aromatic rings. The van der Waals surface area contributed by atoms with Crippen molar-refractivity contribution in [2.45, 2.75) is 12.3 Å². The van der Waals surface area contributed by atoms with Gasteiger partial charge in [-0.05, 0) is 29.8 Å². The number of hydrogen-bond donors (Lipinski definition) is 2. The Bertz CT molecular complexity index is 816. The molecule has 1 aliphatic rings. The van der Waals surface area contributed by atoms with Crippen LogP contribution in [0.4, 0.5) is 11.4 Å². The average molecular weight is 324 g/mol. The minimum Gasteiger partial charge on any atom is -0.465 e. The number of amides is 2. The number of carbonyl (C=O) groups excluding carboxylic acids is 3. The van der Waals surface area contributed by atoms with E-state index >= 15 is 0 Å². The van der Waals surface area contributed by atoms with Gasteiger partial charge in [0.1, 0.15) is 0 Å². The Morgan fingerprint density at radius 3 is 2.75 bits per heavy atom. The Morgan fingerprint density at radius 1 is 1.17 bits per heavy atom. The van der Waals surface area contributed by atoms with E-state index in [0.717, 1.165) is 5.56 Å². The predicted molar refractivity (Wildman–Crippen MR) is 88.8 cm³/mol. The Balaban J connectivity index is 1.83. The first-order valence-electron chi connectivity index (χ1n) is 7.46. The third-order valence-electron chi connectivity index (χ3n) is 3.87. The summed E-state index contributed by atoms with van der Waals surface area (Å²) in [4.78, 5) is 36.0. The van der Waals surface area contributed by atoms with Gasteiger partial charge < -0.3 is 15.4 Å². The van der Waals surface area contributed by atoms with Crippen molar-refractivity contribution in [1.29, 1.82) is 0 Å². The predicted octanol–water partition coefficient (Wildman–Crippen LogP) is 2.54. The van der Waals surface area contributed by atoms with Gasteiger partial charge in [0.25, 0.3) is 0 Å². The van der Waals surface area contributed by atoms with Crippen LogP contribution in [0.3, 0.4) is 0 Å². The monoisotopic (exact) mass is 324 g/mol. The van der Waals surface area contributed by atoms with Crippen LogP contribution < -0.4 is 10.6 Å². The van der Waals surface area contributed by atoms with Crippen LogP contribution in [0.5, 0.6) is 0 Å². The maximum Gasteiger partial charge on any atom is 0.337 e. The molecule has 0 aliphatic carbocycles. The van der Waals surface area contributed by atoms with Crippen LogP contribution in [0, 0.1) is 0 Å². The van der Waals surface area contributed by atoms with E-state index < -0.39 is 11.9 Å². The summed E-state index contributed by atoms with van der Waals surface area (Å²) in [5.74, 6) is -1.54. The second-order valence-electron chi connectivity index (χ2n) is 5.45. The minimum absolute atomic E-state index is 0.0829. The third-order valence-corrected chi connectivity index (χ3v) is 3.87. The first-order chi connectivity index (χ1) is 11.6. The van der Waals surface area contributed by atoms with Gasteiger partial charge in [-0.3, -0.25) is 9.59 Å². The maximum absolute atomic E-state index is 12.6. The Kier molecular flexibility index (Phi) is 4.29. The van der Waals surface area contributed by atoms with Gasteiger partial charge >= 0.3 is 5.97 Å². The first kappa shape index (κ1) is 15.7. The summed E-state index contributed by atoms with van der Waals surface area (Å²) in [6, 6.07) is 13.7. The van der Waals surface area contributed by atoms with Gasteiger partial charge in [-0.15, -0.1) is 0 Å². The molecule has 122 valence electrons. The fraction of sp³-hybridized carbons (Fsp3) is 0.167. The molecule has 2 aromatic carbocycles. The number of benzene rings is 2. The van der Waals surface area contributed by atoms with Gasteiger partial charge in [-0.2, -0.15) is 0 Å². The number of carbonyl (C=O) groups is 3. The van der Waals surface area contributed by atoms with Gasteiger partial charge in [0.05, 0.1) is 18.6 Å². The second-order valence-corrected chi connectivity index (χ2v) is 5.45. The molecule has 2 amide bonds. The highest BCUT2D eigenvalue weighted by atomic mass is 16.5. The molecule has 6 heteroatoms. The Morgan fingerprint density at radius 2 is 1.96 bits per heavy atom. The lowest BCUT2D eigenvalue weighted by Crippen LogP contribution is -2.30. The number of hydrogen-bond acceptors (Lipinski definition) is 4. The summed E-state index contributed by atoms with van der Waals surface area (Å²) in [5.41, 5.74) is 2.25. The molecule has 1 heterocycles. The van der Waals surface area contributed by atoms with E-state index in [0.29, 0.717) is 16.9 Å². The minimum atomic E-state index is -0.572. The maximum atomic E-state index is 12.6. The van der Waals surface area contributed by atoms with Gasteiger partial charge in [0.2, 0.25) is 11.8 Å². The lowest BCUT2D eigenvalue weighted by atomic mass is 9.90. The van der Waals surface area contributed by atoms with Crippen LogP contribution in [-0.2, 0) is 14.3 Å². The summed E-state index contributed by atoms with van der Waals surface area (Å²) in [6.07, 6.45) is 0.0829. The standard InChI is InChI=1S/C18H16N2O4/c1-24-18(23)11-5-4-6-12(9-11)19-17(22)14-10-16(21)20-15-8-3-2-7-13(14)15/h2-9,14H,10H2,1H3,(H,19,22)(H,20,21)/t14-/m0/s1. The molecule has 3 rings (SSSR count). The molecule has 1 aliphatic heterocycles. The molecule has 0 aromatic heterocycles. The zero-order valence-corrected chi connectivity index (χ0v) is 13.0. The molecule has 0 bridgehead atoms. The number of ether oxygens (including phenoxy) is 1. The Hall–Kier alpha value is -3.15. The van der Waals surface area contributed by atoms with Crippen molar-refractivity contribution in [3.8, 4) is 0 Å². The normalized spacial score (nSPS) is 15.9. The number of esters is 1. The van der Waals surface area contributed by atoms with Crippen LogP contribution in [0.2, 0.25) is 0 Å². The zero-order valence-electron chi connectivity index (χ0n) is 13.0. The van der Waals surface area contributed by atoms with Crippen molar-refractivity contribution in [1.82, 2.24) is 0 Å². The van der Waals surface area contributed by atoms with Crippen molar-refractivity contribution >= 4 is 29.2 Å². The van der Waals surface area contributed by atoms with Crippen LogP contribution >= 0.6 is 0 Å². The van der Waals surface area contributed by atoms with Gasteiger partial charge in [-0.25, -0.2) is 4.79 Å². The summed E-state index contributed by atoms with van der Waals surface area (Å²) in [6.45, 7) is 0. The van der Waals surface area contributed by atoms with Crippen LogP contribution in [-0.4, -0.2) is 24.9 Å². The van der Waals surface area contributed by atoms with Crippen molar-refractivity contribution < 1.29 is 19.1 Å². The van der Waals surface area contributed by atoms with Crippen molar-refractivity contribution in [2.24, 2.45) is 0 Å². The van der Waals surface area contributed by atoms with E-state index in [1.54, 1.807) is 36.4 Å². The van der Waals surface area contributed by atoms with E-state index in [9.17, 15) is 14.4 Å².